The first-order valence-electron chi connectivity index (χ1n) is 3.49. The smallest absolute Gasteiger partial charge is 0.211 e. The summed E-state index contributed by atoms with van der Waals surface area (Å²) in [5.41, 5.74) is 2.08. The Labute approximate surface area is 66.8 Å². The lowest BCUT2D eigenvalue weighted by Gasteiger charge is -1.96. The summed E-state index contributed by atoms with van der Waals surface area (Å²) in [4.78, 5) is 0. The lowest BCUT2D eigenvalue weighted by molar-refractivity contribution is 0.282. The van der Waals surface area contributed by atoms with Crippen molar-refractivity contribution in [1.82, 2.24) is 0 Å². The van der Waals surface area contributed by atoms with Gasteiger partial charge in [0.25, 0.3) is 0 Å². The van der Waals surface area contributed by atoms with Crippen LogP contribution < -0.4 is 0 Å². The standard InChI is InChI=1S/C8H9ClO/c9-5-7-1-3-8(6-10)4-2-7/h1-4,10H,5-6H2/i10T. The highest BCUT2D eigenvalue weighted by molar-refractivity contribution is 6.17. The molecule has 0 atom stereocenters. The zero-order valence-electron chi connectivity index (χ0n) is 6.51. The van der Waals surface area contributed by atoms with Crippen LogP contribution in [0.3, 0.4) is 0 Å². The van der Waals surface area contributed by atoms with E-state index < -0.39 is 0 Å². The summed E-state index contributed by atoms with van der Waals surface area (Å²) in [5.74, 6) is 0.530. The number of aliphatic hydroxyl groups excluding tert-OH is 1. The predicted molar refractivity (Wildman–Crippen MR) is 41.9 cm³/mol. The van der Waals surface area contributed by atoms with Gasteiger partial charge in [-0.25, -0.2) is 0 Å². The number of rotatable bonds is 3. The van der Waals surface area contributed by atoms with Crippen LogP contribution >= 0.6 is 11.6 Å². The number of hydrogen-bond acceptors (Lipinski definition) is 1. The van der Waals surface area contributed by atoms with Crippen molar-refractivity contribution >= 4 is 11.6 Å². The number of alkyl halides is 1. The molecule has 0 aromatic heterocycles. The Morgan fingerprint density at radius 2 is 1.90 bits per heavy atom. The molecule has 0 unspecified atom stereocenters. The van der Waals surface area contributed by atoms with E-state index in [0.29, 0.717) is 12.5 Å². The van der Waals surface area contributed by atoms with E-state index in [2.05, 4.69) is 5.11 Å². The van der Waals surface area contributed by atoms with E-state index in [1.54, 1.807) is 0 Å². The lowest BCUT2D eigenvalue weighted by Crippen LogP contribution is -1.82. The first kappa shape index (κ1) is 6.20. The van der Waals surface area contributed by atoms with Crippen LogP contribution in [0, 0.1) is 0 Å². The highest BCUT2D eigenvalue weighted by atomic mass is 35.5. The molecule has 0 bridgehead atoms. The van der Waals surface area contributed by atoms with Gasteiger partial charge < -0.3 is 5.11 Å². The molecule has 0 fully saturated rings. The van der Waals surface area contributed by atoms with Crippen LogP contribution in [0.4, 0.5) is 0 Å². The first-order chi connectivity index (χ1) is 5.36. The van der Waals surface area contributed by atoms with Crippen LogP contribution in [0.5, 0.6) is 0 Å². The Kier molecular flexibility index (Phi) is 2.23. The maximum absolute atomic E-state index is 6.51. The number of hydrogen-bond donors (Lipinski definition) is 1. The fourth-order valence-electron chi connectivity index (χ4n) is 0.725. The molecule has 0 saturated carbocycles. The van der Waals surface area contributed by atoms with E-state index in [-0.39, 0.29) is 0 Å². The molecule has 0 aliphatic rings. The Hall–Kier alpha value is -0.530. The van der Waals surface area contributed by atoms with Crippen LogP contribution in [0.25, 0.3) is 0 Å². The quantitative estimate of drug-likeness (QED) is 0.667. The summed E-state index contributed by atoms with van der Waals surface area (Å²) in [6.45, 7) is 0.336. The molecule has 1 rings (SSSR count). The van der Waals surface area contributed by atoms with E-state index in [4.69, 9.17) is 13.0 Å². The van der Waals surface area contributed by atoms with Gasteiger partial charge in [-0.05, 0) is 11.1 Å². The fourth-order valence-corrected chi connectivity index (χ4v) is 0.903. The van der Waals surface area contributed by atoms with Gasteiger partial charge in [-0.2, -0.15) is 0 Å². The minimum Gasteiger partial charge on any atom is -0.392 e. The van der Waals surface area contributed by atoms with Gasteiger partial charge >= 0.3 is 0 Å². The van der Waals surface area contributed by atoms with Crippen LogP contribution in [0.1, 0.15) is 11.1 Å². The average molecular weight is 159 g/mol. The molecule has 0 aliphatic heterocycles. The lowest BCUT2D eigenvalue weighted by atomic mass is 10.2. The van der Waals surface area contributed by atoms with Crippen LogP contribution in [0.15, 0.2) is 24.3 Å². The third kappa shape index (κ3) is 1.72. The second kappa shape index (κ2) is 3.59. The van der Waals surface area contributed by atoms with Gasteiger partial charge in [-0.15, -0.1) is 11.6 Å². The van der Waals surface area contributed by atoms with Crippen molar-refractivity contribution in [2.24, 2.45) is 0 Å². The molecule has 1 aromatic rings. The van der Waals surface area contributed by atoms with E-state index in [9.17, 15) is 0 Å². The number of aliphatic hydroxyl groups is 1. The second-order valence-corrected chi connectivity index (χ2v) is 2.36. The van der Waals surface area contributed by atoms with Gasteiger partial charge in [0, 0.05) is 5.88 Å². The molecule has 10 heavy (non-hydrogen) atoms. The molecule has 0 aliphatic carbocycles. The largest absolute Gasteiger partial charge is 0.392 e. The van der Waals surface area contributed by atoms with Gasteiger partial charge in [0.15, 0.2) is 0 Å². The second-order valence-electron chi connectivity index (χ2n) is 2.09. The van der Waals surface area contributed by atoms with Crippen LogP contribution in [-0.4, -0.2) is 6.54 Å². The molecular formula is C8H9ClO. The molecule has 0 saturated heterocycles. The fraction of sp³-hybridized carbons (Fsp3) is 0.250. The Morgan fingerprint density at radius 1 is 1.30 bits per heavy atom. The van der Waals surface area contributed by atoms with Crippen molar-refractivity contribution in [3.05, 3.63) is 35.4 Å². The SMILES string of the molecule is [3H]OCc1ccc(CCl)cc1. The number of benzene rings is 1. The normalized spacial score (nSPS) is 11.1. The highest BCUT2D eigenvalue weighted by Crippen LogP contribution is 2.05. The van der Waals surface area contributed by atoms with Crippen molar-refractivity contribution in [2.45, 2.75) is 12.5 Å². The van der Waals surface area contributed by atoms with Crippen molar-refractivity contribution in [1.29, 1.82) is 1.43 Å². The van der Waals surface area contributed by atoms with Gasteiger partial charge in [0.2, 0.25) is 1.43 Å². The van der Waals surface area contributed by atoms with E-state index in [1.165, 1.54) is 0 Å². The summed E-state index contributed by atoms with van der Waals surface area (Å²) in [6, 6.07) is 7.68. The molecule has 1 aromatic carbocycles. The minimum absolute atomic E-state index is 0.336. The van der Waals surface area contributed by atoms with E-state index >= 15 is 0 Å². The average Bonchev–Trinajstić information content (AvgIpc) is 2.07. The summed E-state index contributed by atoms with van der Waals surface area (Å²) < 4.78 is 6.51. The van der Waals surface area contributed by atoms with Gasteiger partial charge in [-0.3, -0.25) is 0 Å². The van der Waals surface area contributed by atoms with E-state index in [1.807, 2.05) is 24.3 Å². The van der Waals surface area contributed by atoms with Gasteiger partial charge in [0.1, 0.15) is 0 Å². The predicted octanol–water partition coefficient (Wildman–Crippen LogP) is 1.92. The molecule has 0 heterocycles. The van der Waals surface area contributed by atoms with Gasteiger partial charge in [0.05, 0.1) is 6.61 Å². The molecule has 0 amide bonds. The molecule has 1 nitrogen and oxygen atoms in total. The van der Waals surface area contributed by atoms with Crippen LogP contribution in [-0.2, 0) is 12.5 Å². The Morgan fingerprint density at radius 3 is 2.40 bits per heavy atom. The maximum atomic E-state index is 6.51. The van der Waals surface area contributed by atoms with Crippen molar-refractivity contribution < 1.29 is 5.11 Å². The monoisotopic (exact) mass is 158 g/mol. The summed E-state index contributed by atoms with van der Waals surface area (Å²) in [7, 11) is 0. The minimum atomic E-state index is 0.336. The first-order valence-corrected chi connectivity index (χ1v) is 3.62. The molecule has 0 spiro atoms. The maximum Gasteiger partial charge on any atom is 0.211 e. The molecule has 1 N–H and O–H groups in total. The molecular weight excluding hydrogens is 148 g/mol. The Bertz CT molecular complexity index is 210. The van der Waals surface area contributed by atoms with Crippen molar-refractivity contribution in [2.75, 3.05) is 0 Å². The number of halogens is 1. The van der Waals surface area contributed by atoms with Crippen LogP contribution in [0.2, 0.25) is 0 Å². The summed E-state index contributed by atoms with van der Waals surface area (Å²) in [6.07, 6.45) is 0. The zero-order valence-corrected chi connectivity index (χ0v) is 6.27. The Balaban J connectivity index is 2.66. The molecule has 2 heteroatoms. The van der Waals surface area contributed by atoms with E-state index in [0.717, 1.165) is 11.1 Å². The third-order valence-electron chi connectivity index (χ3n) is 1.34. The molecule has 0 radical (unpaired) electrons. The third-order valence-corrected chi connectivity index (χ3v) is 1.65. The summed E-state index contributed by atoms with van der Waals surface area (Å²) >= 11 is 5.59. The zero-order chi connectivity index (χ0) is 8.10. The van der Waals surface area contributed by atoms with Crippen molar-refractivity contribution in [3.63, 3.8) is 0 Å². The molecule has 54 valence electrons. The van der Waals surface area contributed by atoms with Crippen molar-refractivity contribution in [3.8, 4) is 0 Å². The summed E-state index contributed by atoms with van der Waals surface area (Å²) in [5, 5.41) is 4.22. The highest BCUT2D eigenvalue weighted by Gasteiger charge is 1.89. The topological polar surface area (TPSA) is 20.2 Å². The van der Waals surface area contributed by atoms with Gasteiger partial charge in [-0.1, -0.05) is 24.3 Å².